The minimum atomic E-state index is -2.69. The molecule has 16 heavy (non-hydrogen) atoms. The number of carbonyl (C=O) groups is 1. The molecule has 0 saturated carbocycles. The number of hydrogen-bond acceptors (Lipinski definition) is 4. The van der Waals surface area contributed by atoms with Crippen LogP contribution >= 0.6 is 0 Å². The van der Waals surface area contributed by atoms with Gasteiger partial charge in [-0.2, -0.15) is 0 Å². The van der Waals surface area contributed by atoms with Crippen molar-refractivity contribution in [2.45, 2.75) is 12.5 Å². The Balaban J connectivity index is 0.00000324. The van der Waals surface area contributed by atoms with E-state index < -0.39 is 19.0 Å². The van der Waals surface area contributed by atoms with Crippen LogP contribution in [0.15, 0.2) is 18.2 Å². The summed E-state index contributed by atoms with van der Waals surface area (Å²) in [5.74, 6) is -1.73. The lowest BCUT2D eigenvalue weighted by molar-refractivity contribution is -0.138. The van der Waals surface area contributed by atoms with Crippen LogP contribution in [0.3, 0.4) is 0 Å². The van der Waals surface area contributed by atoms with Crippen LogP contribution in [0, 0.1) is 0 Å². The van der Waals surface area contributed by atoms with E-state index >= 15 is 0 Å². The van der Waals surface area contributed by atoms with E-state index in [4.69, 9.17) is 15.0 Å². The van der Waals surface area contributed by atoms with Gasteiger partial charge in [0.05, 0.1) is 11.2 Å². The molecule has 0 aliphatic carbocycles. The second-order valence-electron chi connectivity index (χ2n) is 3.05. The second kappa shape index (κ2) is 5.94. The van der Waals surface area contributed by atoms with Gasteiger partial charge in [-0.1, -0.05) is 6.07 Å². The smallest absolute Gasteiger partial charge is 0.320 e. The van der Waals surface area contributed by atoms with E-state index in [0.29, 0.717) is 5.56 Å². The molecule has 1 rings (SSSR count). The first-order valence-electron chi connectivity index (χ1n) is 5.68. The number of benzene rings is 1. The van der Waals surface area contributed by atoms with Crippen LogP contribution in [0.1, 0.15) is 9.68 Å². The van der Waals surface area contributed by atoms with Crippen molar-refractivity contribution in [1.82, 2.24) is 0 Å². The first-order chi connectivity index (χ1) is 8.19. The third-order valence-corrected chi connectivity index (χ3v) is 1.91. The molecule has 1 atom stereocenters. The Morgan fingerprint density at radius 2 is 2.38 bits per heavy atom. The maximum Gasteiger partial charge on any atom is 0.320 e. The quantitative estimate of drug-likeness (QED) is 0.647. The molecule has 0 amide bonds. The van der Waals surface area contributed by atoms with E-state index in [9.17, 15) is 9.90 Å². The van der Waals surface area contributed by atoms with Gasteiger partial charge in [-0.3, -0.25) is 4.79 Å². The number of aromatic hydroxyl groups is 1. The van der Waals surface area contributed by atoms with E-state index in [2.05, 4.69) is 4.74 Å². The van der Waals surface area contributed by atoms with E-state index in [1.807, 2.05) is 0 Å². The average molecular weight is 232 g/mol. The van der Waals surface area contributed by atoms with Gasteiger partial charge in [-0.15, -0.1) is 0 Å². The third-order valence-electron chi connectivity index (χ3n) is 1.91. The second-order valence-corrected chi connectivity index (χ2v) is 3.05. The predicted octanol–water partition coefficient (Wildman–Crippen LogP) is -0.470. The Morgan fingerprint density at radius 1 is 1.69 bits per heavy atom. The average Bonchev–Trinajstić information content (AvgIpc) is 2.20. The monoisotopic (exact) mass is 232 g/mol. The number of aliphatic carboxylic acids is 1. The predicted molar refractivity (Wildman–Crippen MR) is 57.6 cm³/mol. The zero-order valence-electron chi connectivity index (χ0n) is 11.3. The number of ether oxygens (including phenoxy) is 1. The van der Waals surface area contributed by atoms with E-state index in [-0.39, 0.29) is 23.4 Å². The molecule has 6 heteroatoms. The number of carboxylic acid groups (broad SMARTS) is 1. The summed E-state index contributed by atoms with van der Waals surface area (Å²) in [7, 11) is -2.69. The SMILES string of the molecule is O.[2H]C([2H])([2H])Oc1cc(C[C@H](N)C(=O)O)ccc1O. The third kappa shape index (κ3) is 3.41. The molecule has 0 aliphatic rings. The molecule has 1 aromatic rings. The maximum absolute atomic E-state index is 10.6. The van der Waals surface area contributed by atoms with Gasteiger partial charge in [-0.05, 0) is 24.1 Å². The summed E-state index contributed by atoms with van der Waals surface area (Å²) < 4.78 is 25.4. The van der Waals surface area contributed by atoms with Crippen molar-refractivity contribution in [2.24, 2.45) is 5.73 Å². The maximum atomic E-state index is 10.6. The van der Waals surface area contributed by atoms with Crippen molar-refractivity contribution in [3.8, 4) is 11.5 Å². The zero-order chi connectivity index (χ0) is 13.9. The molecule has 0 aliphatic heterocycles. The number of rotatable bonds is 4. The fourth-order valence-corrected chi connectivity index (χ4v) is 1.11. The van der Waals surface area contributed by atoms with Gasteiger partial charge in [0.25, 0.3) is 0 Å². The Hall–Kier alpha value is -1.79. The topological polar surface area (TPSA) is 124 Å². The van der Waals surface area contributed by atoms with Gasteiger partial charge in [0.1, 0.15) is 6.04 Å². The summed E-state index contributed by atoms with van der Waals surface area (Å²) in [5.41, 5.74) is 5.81. The molecule has 90 valence electrons. The normalized spacial score (nSPS) is 14.9. The molecule has 0 aromatic heterocycles. The molecule has 0 heterocycles. The standard InChI is InChI=1S/C10H13NO4.H2O/c1-15-9-5-6(2-3-8(9)12)4-7(11)10(13)14;/h2-3,5,7,12H,4,11H2,1H3,(H,13,14);1H2/t7-;/m0./s1/i1D3;. The molecule has 6 N–H and O–H groups in total. The molecule has 0 saturated heterocycles. The summed E-state index contributed by atoms with van der Waals surface area (Å²) in [4.78, 5) is 10.6. The van der Waals surface area contributed by atoms with Gasteiger partial charge >= 0.3 is 5.97 Å². The van der Waals surface area contributed by atoms with Gasteiger partial charge in [-0.25, -0.2) is 0 Å². The Labute approximate surface area is 96.8 Å². The van der Waals surface area contributed by atoms with Gasteiger partial charge in [0, 0.05) is 0 Å². The van der Waals surface area contributed by atoms with E-state index in [1.165, 1.54) is 18.2 Å². The number of carboxylic acids is 1. The number of nitrogens with two attached hydrogens (primary N) is 1. The van der Waals surface area contributed by atoms with Crippen LogP contribution in [0.5, 0.6) is 11.5 Å². The molecule has 6 nitrogen and oxygen atoms in total. The van der Waals surface area contributed by atoms with Crippen LogP contribution in [-0.4, -0.2) is 34.7 Å². The highest BCUT2D eigenvalue weighted by Crippen LogP contribution is 2.26. The van der Waals surface area contributed by atoms with Crippen LogP contribution in [-0.2, 0) is 11.2 Å². The highest BCUT2D eigenvalue weighted by molar-refractivity contribution is 5.73. The fourth-order valence-electron chi connectivity index (χ4n) is 1.11. The minimum absolute atomic E-state index is 0. The van der Waals surface area contributed by atoms with Crippen LogP contribution < -0.4 is 10.5 Å². The van der Waals surface area contributed by atoms with Crippen molar-refractivity contribution in [2.75, 3.05) is 7.04 Å². The molecule has 0 fully saturated rings. The van der Waals surface area contributed by atoms with Gasteiger partial charge < -0.3 is 26.2 Å². The molecule has 0 radical (unpaired) electrons. The molecule has 0 unspecified atom stereocenters. The number of phenols is 1. The highest BCUT2D eigenvalue weighted by atomic mass is 16.5. The molecule has 0 bridgehead atoms. The van der Waals surface area contributed by atoms with Crippen molar-refractivity contribution in [3.63, 3.8) is 0 Å². The van der Waals surface area contributed by atoms with Crippen molar-refractivity contribution >= 4 is 5.97 Å². The number of hydrogen-bond donors (Lipinski definition) is 3. The lowest BCUT2D eigenvalue weighted by Gasteiger charge is -2.08. The Morgan fingerprint density at radius 3 is 2.94 bits per heavy atom. The number of methoxy groups -OCH3 is 1. The zero-order valence-corrected chi connectivity index (χ0v) is 8.30. The van der Waals surface area contributed by atoms with Crippen LogP contribution in [0.4, 0.5) is 0 Å². The molecular formula is C10H15NO5. The van der Waals surface area contributed by atoms with Crippen molar-refractivity contribution in [1.29, 1.82) is 0 Å². The van der Waals surface area contributed by atoms with Crippen LogP contribution in [0.2, 0.25) is 0 Å². The van der Waals surface area contributed by atoms with Gasteiger partial charge in [0.15, 0.2) is 11.5 Å². The summed E-state index contributed by atoms with van der Waals surface area (Å²) in [5, 5.41) is 18.1. The lowest BCUT2D eigenvalue weighted by Crippen LogP contribution is -2.32. The molecule has 0 spiro atoms. The molecule has 1 aromatic carbocycles. The largest absolute Gasteiger partial charge is 0.504 e. The first-order valence-corrected chi connectivity index (χ1v) is 4.18. The van der Waals surface area contributed by atoms with E-state index in [0.717, 1.165) is 0 Å². The Bertz CT molecular complexity index is 449. The lowest BCUT2D eigenvalue weighted by atomic mass is 10.1. The highest BCUT2D eigenvalue weighted by Gasteiger charge is 2.13. The fraction of sp³-hybridized carbons (Fsp3) is 0.300. The molecular weight excluding hydrogens is 214 g/mol. The minimum Gasteiger partial charge on any atom is -0.504 e. The summed E-state index contributed by atoms with van der Waals surface area (Å²) in [6.45, 7) is 0. The van der Waals surface area contributed by atoms with E-state index in [1.54, 1.807) is 0 Å². The Kier molecular flexibility index (Phi) is 3.50. The van der Waals surface area contributed by atoms with Crippen molar-refractivity contribution < 1.29 is 29.3 Å². The summed E-state index contributed by atoms with van der Waals surface area (Å²) in [6.07, 6.45) is 0.00692. The van der Waals surface area contributed by atoms with Gasteiger partial charge in [0.2, 0.25) is 0 Å². The number of phenolic OH excluding ortho intramolecular Hbond substituents is 1. The van der Waals surface area contributed by atoms with Crippen molar-refractivity contribution in [3.05, 3.63) is 23.8 Å². The van der Waals surface area contributed by atoms with Crippen LogP contribution in [0.25, 0.3) is 0 Å². The summed E-state index contributed by atoms with van der Waals surface area (Å²) in [6, 6.07) is 2.83. The summed E-state index contributed by atoms with van der Waals surface area (Å²) >= 11 is 0. The first kappa shape index (κ1) is 9.44.